The monoisotopic (exact) mass is 392 g/mol. The van der Waals surface area contributed by atoms with Crippen LogP contribution >= 0.6 is 0 Å². The fourth-order valence-corrected chi connectivity index (χ4v) is 3.62. The van der Waals surface area contributed by atoms with Gasteiger partial charge in [0.2, 0.25) is 5.91 Å². The molecule has 1 fully saturated rings. The zero-order valence-corrected chi connectivity index (χ0v) is 17.1. The number of carbonyl (C=O) groups is 3. The van der Waals surface area contributed by atoms with Gasteiger partial charge in [-0.05, 0) is 38.3 Å². The lowest BCUT2D eigenvalue weighted by Crippen LogP contribution is -2.46. The van der Waals surface area contributed by atoms with Crippen LogP contribution in [0, 0.1) is 13.8 Å². The lowest BCUT2D eigenvalue weighted by molar-refractivity contribution is -0.122. The molecule has 1 aliphatic heterocycles. The van der Waals surface area contributed by atoms with E-state index in [-0.39, 0.29) is 36.5 Å². The number of hydrogen-bond donors (Lipinski definition) is 1. The third kappa shape index (κ3) is 5.53. The van der Waals surface area contributed by atoms with Crippen molar-refractivity contribution in [2.75, 3.05) is 13.1 Å². The molecule has 3 rings (SSSR count). The first-order valence-corrected chi connectivity index (χ1v) is 10.2. The molecule has 2 aromatic rings. The van der Waals surface area contributed by atoms with E-state index in [1.165, 1.54) is 0 Å². The molecule has 1 N–H and O–H groups in total. The van der Waals surface area contributed by atoms with Gasteiger partial charge < -0.3 is 10.2 Å². The molecular weight excluding hydrogens is 364 g/mol. The fourth-order valence-electron chi connectivity index (χ4n) is 3.62. The number of Topliss-reactive ketones (excluding diaryl/α,β-unsaturated/α-hetero) is 1. The number of nitrogens with one attached hydrogen (secondary N) is 1. The van der Waals surface area contributed by atoms with Crippen molar-refractivity contribution in [2.45, 2.75) is 45.6 Å². The third-order valence-corrected chi connectivity index (χ3v) is 5.48. The van der Waals surface area contributed by atoms with Gasteiger partial charge in [0.25, 0.3) is 5.91 Å². The molecule has 0 aromatic heterocycles. The average molecular weight is 392 g/mol. The molecule has 2 amide bonds. The lowest BCUT2D eigenvalue weighted by atomic mass is 10.0. The molecule has 0 saturated carbocycles. The maximum absolute atomic E-state index is 12.7. The topological polar surface area (TPSA) is 66.5 Å². The third-order valence-electron chi connectivity index (χ3n) is 5.48. The van der Waals surface area contributed by atoms with Crippen LogP contribution in [0.3, 0.4) is 0 Å². The summed E-state index contributed by atoms with van der Waals surface area (Å²) in [4.78, 5) is 39.0. The van der Waals surface area contributed by atoms with Crippen molar-refractivity contribution in [1.29, 1.82) is 0 Å². The number of carbonyl (C=O) groups excluding carboxylic acids is 3. The van der Waals surface area contributed by atoms with E-state index in [0.29, 0.717) is 18.7 Å². The Hall–Kier alpha value is -2.95. The Morgan fingerprint density at radius 2 is 1.59 bits per heavy atom. The Balaban J connectivity index is 1.42. The normalized spacial score (nSPS) is 14.5. The van der Waals surface area contributed by atoms with Crippen molar-refractivity contribution in [2.24, 2.45) is 0 Å². The van der Waals surface area contributed by atoms with Gasteiger partial charge in [-0.1, -0.05) is 48.0 Å². The zero-order chi connectivity index (χ0) is 20.8. The van der Waals surface area contributed by atoms with Crippen molar-refractivity contribution < 1.29 is 14.4 Å². The molecular formula is C24H28N2O3. The highest BCUT2D eigenvalue weighted by molar-refractivity contribution is 5.98. The summed E-state index contributed by atoms with van der Waals surface area (Å²) in [7, 11) is 0. The summed E-state index contributed by atoms with van der Waals surface area (Å²) in [5.41, 5.74) is 3.47. The molecule has 29 heavy (non-hydrogen) atoms. The van der Waals surface area contributed by atoms with Crippen LogP contribution in [-0.2, 0) is 4.79 Å². The van der Waals surface area contributed by atoms with Crippen molar-refractivity contribution in [3.63, 3.8) is 0 Å². The summed E-state index contributed by atoms with van der Waals surface area (Å²) in [5.74, 6) is -0.0653. The van der Waals surface area contributed by atoms with Crippen molar-refractivity contribution >= 4 is 17.6 Å². The first-order chi connectivity index (χ1) is 13.9. The number of amides is 2. The summed E-state index contributed by atoms with van der Waals surface area (Å²) >= 11 is 0. The van der Waals surface area contributed by atoms with Gasteiger partial charge >= 0.3 is 0 Å². The van der Waals surface area contributed by atoms with Crippen molar-refractivity contribution in [3.05, 3.63) is 70.8 Å². The van der Waals surface area contributed by atoms with Crippen LogP contribution in [0.5, 0.6) is 0 Å². The SMILES string of the molecule is Cc1ccc(C(=O)CCC(=O)NC2CCN(C(=O)c3ccccc3C)CC2)cc1. The predicted molar refractivity (Wildman–Crippen MR) is 113 cm³/mol. The second-order valence-corrected chi connectivity index (χ2v) is 7.74. The van der Waals surface area contributed by atoms with Crippen LogP contribution in [0.1, 0.15) is 57.5 Å². The maximum atomic E-state index is 12.7. The van der Waals surface area contributed by atoms with Crippen LogP contribution in [-0.4, -0.2) is 41.6 Å². The summed E-state index contributed by atoms with van der Waals surface area (Å²) < 4.78 is 0. The Morgan fingerprint density at radius 1 is 0.931 bits per heavy atom. The number of hydrogen-bond acceptors (Lipinski definition) is 3. The van der Waals surface area contributed by atoms with Crippen LogP contribution in [0.2, 0.25) is 0 Å². The number of ketones is 1. The van der Waals surface area contributed by atoms with E-state index < -0.39 is 0 Å². The Morgan fingerprint density at radius 3 is 2.24 bits per heavy atom. The summed E-state index contributed by atoms with van der Waals surface area (Å²) in [6.07, 6.45) is 1.86. The molecule has 1 heterocycles. The maximum Gasteiger partial charge on any atom is 0.254 e. The van der Waals surface area contributed by atoms with Crippen molar-refractivity contribution in [3.8, 4) is 0 Å². The largest absolute Gasteiger partial charge is 0.353 e. The molecule has 1 saturated heterocycles. The van der Waals surface area contributed by atoms with E-state index in [9.17, 15) is 14.4 Å². The molecule has 0 radical (unpaired) electrons. The van der Waals surface area contributed by atoms with E-state index in [4.69, 9.17) is 0 Å². The predicted octanol–water partition coefficient (Wildman–Crippen LogP) is 3.69. The van der Waals surface area contributed by atoms with Crippen LogP contribution in [0.15, 0.2) is 48.5 Å². The second-order valence-electron chi connectivity index (χ2n) is 7.74. The van der Waals surface area contributed by atoms with E-state index in [0.717, 1.165) is 29.5 Å². The fraction of sp³-hybridized carbons (Fsp3) is 0.375. The van der Waals surface area contributed by atoms with Gasteiger partial charge in [0, 0.05) is 43.1 Å². The van der Waals surface area contributed by atoms with Gasteiger partial charge in [-0.25, -0.2) is 0 Å². The second kappa shape index (κ2) is 9.50. The van der Waals surface area contributed by atoms with E-state index >= 15 is 0 Å². The summed E-state index contributed by atoms with van der Waals surface area (Å²) in [6.45, 7) is 5.17. The van der Waals surface area contributed by atoms with E-state index in [1.807, 2.05) is 55.1 Å². The summed E-state index contributed by atoms with van der Waals surface area (Å²) in [5, 5.41) is 3.02. The number of piperidine rings is 1. The zero-order valence-electron chi connectivity index (χ0n) is 17.1. The van der Waals surface area contributed by atoms with Gasteiger partial charge in [-0.3, -0.25) is 14.4 Å². The number of benzene rings is 2. The van der Waals surface area contributed by atoms with Crippen LogP contribution in [0.25, 0.3) is 0 Å². The molecule has 5 nitrogen and oxygen atoms in total. The number of likely N-dealkylation sites (tertiary alicyclic amines) is 1. The van der Waals surface area contributed by atoms with Crippen LogP contribution in [0.4, 0.5) is 0 Å². The van der Waals surface area contributed by atoms with Gasteiger partial charge in [-0.2, -0.15) is 0 Å². The Bertz CT molecular complexity index is 881. The van der Waals surface area contributed by atoms with E-state index in [1.54, 1.807) is 12.1 Å². The highest BCUT2D eigenvalue weighted by Gasteiger charge is 2.25. The standard InChI is InChI=1S/C24H28N2O3/c1-17-7-9-19(10-8-17)22(27)11-12-23(28)25-20-13-15-26(16-14-20)24(29)21-6-4-3-5-18(21)2/h3-10,20H,11-16H2,1-2H3,(H,25,28). The lowest BCUT2D eigenvalue weighted by Gasteiger charge is -2.32. The van der Waals surface area contributed by atoms with Gasteiger partial charge in [-0.15, -0.1) is 0 Å². The van der Waals surface area contributed by atoms with Gasteiger partial charge in [0.05, 0.1) is 0 Å². The summed E-state index contributed by atoms with van der Waals surface area (Å²) in [6, 6.07) is 15.1. The number of rotatable bonds is 6. The Labute approximate surface area is 172 Å². The smallest absolute Gasteiger partial charge is 0.254 e. The first-order valence-electron chi connectivity index (χ1n) is 10.2. The minimum atomic E-state index is -0.103. The highest BCUT2D eigenvalue weighted by Crippen LogP contribution is 2.16. The molecule has 2 aromatic carbocycles. The Kier molecular flexibility index (Phi) is 6.81. The molecule has 0 unspecified atom stereocenters. The molecule has 1 aliphatic rings. The minimum absolute atomic E-state index is 0.0150. The van der Waals surface area contributed by atoms with Crippen molar-refractivity contribution in [1.82, 2.24) is 10.2 Å². The quantitative estimate of drug-likeness (QED) is 0.763. The van der Waals surface area contributed by atoms with Gasteiger partial charge in [0.15, 0.2) is 5.78 Å². The highest BCUT2D eigenvalue weighted by atomic mass is 16.2. The van der Waals surface area contributed by atoms with Gasteiger partial charge in [0.1, 0.15) is 0 Å². The molecule has 5 heteroatoms. The molecule has 0 bridgehead atoms. The molecule has 0 aliphatic carbocycles. The minimum Gasteiger partial charge on any atom is -0.353 e. The first kappa shape index (κ1) is 20.8. The average Bonchev–Trinajstić information content (AvgIpc) is 2.73. The molecule has 152 valence electrons. The molecule has 0 atom stereocenters. The number of nitrogens with zero attached hydrogens (tertiary/aromatic N) is 1. The number of aryl methyl sites for hydroxylation is 2. The van der Waals surface area contributed by atoms with Crippen LogP contribution < -0.4 is 5.32 Å². The van der Waals surface area contributed by atoms with E-state index in [2.05, 4.69) is 5.32 Å². The molecule has 0 spiro atoms.